The van der Waals surface area contributed by atoms with Crippen molar-refractivity contribution in [2.75, 3.05) is 0 Å². The molecular formula is C12H19NO. The van der Waals surface area contributed by atoms with Gasteiger partial charge in [-0.2, -0.15) is 0 Å². The molecule has 1 unspecified atom stereocenters. The molecule has 14 heavy (non-hydrogen) atoms. The summed E-state index contributed by atoms with van der Waals surface area (Å²) in [5, 5.41) is 9.92. The maximum absolute atomic E-state index is 9.92. The van der Waals surface area contributed by atoms with E-state index in [0.29, 0.717) is 6.42 Å². The lowest BCUT2D eigenvalue weighted by molar-refractivity contribution is 0.0626. The van der Waals surface area contributed by atoms with E-state index in [2.05, 4.69) is 4.98 Å². The Balaban J connectivity index is 2.75. The molecule has 0 radical (unpaired) electrons. The summed E-state index contributed by atoms with van der Waals surface area (Å²) in [6, 6.07) is 3.94. The Bertz CT molecular complexity index is 301. The van der Waals surface area contributed by atoms with Gasteiger partial charge in [-0.3, -0.25) is 4.98 Å². The van der Waals surface area contributed by atoms with Crippen molar-refractivity contribution in [3.05, 3.63) is 29.6 Å². The molecular weight excluding hydrogens is 174 g/mol. The number of aryl methyl sites for hydroxylation is 1. The van der Waals surface area contributed by atoms with Crippen molar-refractivity contribution in [2.45, 2.75) is 40.2 Å². The van der Waals surface area contributed by atoms with Crippen LogP contribution in [-0.2, 0) is 6.42 Å². The highest BCUT2D eigenvalue weighted by Gasteiger charge is 2.23. The van der Waals surface area contributed by atoms with E-state index in [-0.39, 0.29) is 11.5 Å². The predicted molar refractivity (Wildman–Crippen MR) is 58.1 cm³/mol. The maximum Gasteiger partial charge on any atom is 0.0643 e. The third kappa shape index (κ3) is 2.81. The van der Waals surface area contributed by atoms with Crippen LogP contribution in [0.4, 0.5) is 0 Å². The summed E-state index contributed by atoms with van der Waals surface area (Å²) in [7, 11) is 0. The fourth-order valence-corrected chi connectivity index (χ4v) is 1.22. The smallest absolute Gasteiger partial charge is 0.0643 e. The van der Waals surface area contributed by atoms with E-state index in [1.54, 1.807) is 6.20 Å². The molecule has 0 fully saturated rings. The van der Waals surface area contributed by atoms with Crippen LogP contribution in [0.15, 0.2) is 18.3 Å². The second-order valence-electron chi connectivity index (χ2n) is 4.85. The van der Waals surface area contributed by atoms with Crippen molar-refractivity contribution in [2.24, 2.45) is 5.41 Å². The molecule has 0 bridgehead atoms. The molecule has 1 aromatic rings. The van der Waals surface area contributed by atoms with Gasteiger partial charge >= 0.3 is 0 Å². The monoisotopic (exact) mass is 193 g/mol. The van der Waals surface area contributed by atoms with Gasteiger partial charge in [0.25, 0.3) is 0 Å². The number of aromatic nitrogens is 1. The minimum Gasteiger partial charge on any atom is -0.392 e. The van der Waals surface area contributed by atoms with Gasteiger partial charge in [0, 0.05) is 18.3 Å². The minimum atomic E-state index is -0.337. The van der Waals surface area contributed by atoms with Crippen LogP contribution in [0.3, 0.4) is 0 Å². The molecule has 0 saturated carbocycles. The van der Waals surface area contributed by atoms with Gasteiger partial charge in [0.15, 0.2) is 0 Å². The molecule has 0 aliphatic rings. The van der Waals surface area contributed by atoms with Gasteiger partial charge < -0.3 is 5.11 Å². The van der Waals surface area contributed by atoms with Gasteiger partial charge in [-0.25, -0.2) is 0 Å². The number of hydrogen-bond acceptors (Lipinski definition) is 2. The SMILES string of the molecule is Cc1cccnc1CC(O)C(C)(C)C. The normalized spacial score (nSPS) is 14.1. The van der Waals surface area contributed by atoms with Gasteiger partial charge in [0.05, 0.1) is 6.10 Å². The van der Waals surface area contributed by atoms with E-state index >= 15 is 0 Å². The molecule has 0 saturated heterocycles. The molecule has 2 heteroatoms. The van der Waals surface area contributed by atoms with Crippen LogP contribution in [0.5, 0.6) is 0 Å². The average molecular weight is 193 g/mol. The topological polar surface area (TPSA) is 33.1 Å². The van der Waals surface area contributed by atoms with E-state index < -0.39 is 0 Å². The molecule has 2 nitrogen and oxygen atoms in total. The van der Waals surface area contributed by atoms with Crippen molar-refractivity contribution in [1.82, 2.24) is 4.98 Å². The summed E-state index contributed by atoms with van der Waals surface area (Å²) in [4.78, 5) is 4.27. The number of hydrogen-bond donors (Lipinski definition) is 1. The highest BCUT2D eigenvalue weighted by Crippen LogP contribution is 2.22. The summed E-state index contributed by atoms with van der Waals surface area (Å²) < 4.78 is 0. The first-order valence-electron chi connectivity index (χ1n) is 5.00. The van der Waals surface area contributed by atoms with Gasteiger partial charge in [-0.1, -0.05) is 26.8 Å². The zero-order valence-corrected chi connectivity index (χ0v) is 9.41. The number of aliphatic hydroxyl groups excluding tert-OH is 1. The fourth-order valence-electron chi connectivity index (χ4n) is 1.22. The Morgan fingerprint density at radius 3 is 2.57 bits per heavy atom. The molecule has 78 valence electrons. The summed E-state index contributed by atoms with van der Waals surface area (Å²) in [5.41, 5.74) is 2.06. The van der Waals surface area contributed by atoms with Crippen LogP contribution in [0.25, 0.3) is 0 Å². The number of aliphatic hydroxyl groups is 1. The number of nitrogens with zero attached hydrogens (tertiary/aromatic N) is 1. The third-order valence-electron chi connectivity index (χ3n) is 2.50. The molecule has 1 aromatic heterocycles. The van der Waals surface area contributed by atoms with Gasteiger partial charge in [-0.15, -0.1) is 0 Å². The third-order valence-corrected chi connectivity index (χ3v) is 2.50. The predicted octanol–water partition coefficient (Wildman–Crippen LogP) is 2.34. The van der Waals surface area contributed by atoms with E-state index in [1.807, 2.05) is 39.8 Å². The van der Waals surface area contributed by atoms with Crippen LogP contribution in [-0.4, -0.2) is 16.2 Å². The largest absolute Gasteiger partial charge is 0.392 e. The van der Waals surface area contributed by atoms with Crippen molar-refractivity contribution in [1.29, 1.82) is 0 Å². The molecule has 1 heterocycles. The molecule has 1 N–H and O–H groups in total. The van der Waals surface area contributed by atoms with Crippen LogP contribution < -0.4 is 0 Å². The standard InChI is InChI=1S/C12H19NO/c1-9-6-5-7-13-10(9)8-11(14)12(2,3)4/h5-7,11,14H,8H2,1-4H3. The Labute approximate surface area is 86.0 Å². The van der Waals surface area contributed by atoms with Crippen LogP contribution in [0.2, 0.25) is 0 Å². The van der Waals surface area contributed by atoms with Crippen molar-refractivity contribution < 1.29 is 5.11 Å². The fraction of sp³-hybridized carbons (Fsp3) is 0.583. The minimum absolute atomic E-state index is 0.0794. The first kappa shape index (κ1) is 11.2. The molecule has 0 aromatic carbocycles. The molecule has 0 spiro atoms. The lowest BCUT2D eigenvalue weighted by Crippen LogP contribution is -2.28. The Hall–Kier alpha value is -0.890. The lowest BCUT2D eigenvalue weighted by atomic mass is 9.86. The lowest BCUT2D eigenvalue weighted by Gasteiger charge is -2.25. The molecule has 0 amide bonds. The van der Waals surface area contributed by atoms with Crippen molar-refractivity contribution in [3.8, 4) is 0 Å². The van der Waals surface area contributed by atoms with Crippen LogP contribution in [0, 0.1) is 12.3 Å². The highest BCUT2D eigenvalue weighted by atomic mass is 16.3. The quantitative estimate of drug-likeness (QED) is 0.782. The van der Waals surface area contributed by atoms with Gasteiger partial charge in [0.1, 0.15) is 0 Å². The summed E-state index contributed by atoms with van der Waals surface area (Å²) >= 11 is 0. The second kappa shape index (κ2) is 4.09. The van der Waals surface area contributed by atoms with E-state index in [4.69, 9.17) is 0 Å². The maximum atomic E-state index is 9.92. The van der Waals surface area contributed by atoms with Gasteiger partial charge in [0.2, 0.25) is 0 Å². The average Bonchev–Trinajstić information content (AvgIpc) is 2.07. The Morgan fingerprint density at radius 1 is 1.43 bits per heavy atom. The number of rotatable bonds is 2. The first-order chi connectivity index (χ1) is 6.41. The summed E-state index contributed by atoms with van der Waals surface area (Å²) in [5.74, 6) is 0. The van der Waals surface area contributed by atoms with E-state index in [0.717, 1.165) is 11.3 Å². The van der Waals surface area contributed by atoms with Crippen LogP contribution >= 0.6 is 0 Å². The zero-order valence-electron chi connectivity index (χ0n) is 9.41. The van der Waals surface area contributed by atoms with E-state index in [9.17, 15) is 5.11 Å². The first-order valence-corrected chi connectivity index (χ1v) is 5.00. The van der Waals surface area contributed by atoms with Crippen LogP contribution in [0.1, 0.15) is 32.0 Å². The molecule has 1 atom stereocenters. The van der Waals surface area contributed by atoms with Gasteiger partial charge in [-0.05, 0) is 24.0 Å². The molecule has 0 aliphatic carbocycles. The van der Waals surface area contributed by atoms with Crippen molar-refractivity contribution >= 4 is 0 Å². The van der Waals surface area contributed by atoms with Crippen molar-refractivity contribution in [3.63, 3.8) is 0 Å². The zero-order chi connectivity index (χ0) is 10.8. The summed E-state index contributed by atoms with van der Waals surface area (Å²) in [6.45, 7) is 8.14. The second-order valence-corrected chi connectivity index (χ2v) is 4.85. The molecule has 1 rings (SSSR count). The Morgan fingerprint density at radius 2 is 2.07 bits per heavy atom. The highest BCUT2D eigenvalue weighted by molar-refractivity contribution is 5.18. The summed E-state index contributed by atoms with van der Waals surface area (Å²) in [6.07, 6.45) is 2.07. The molecule has 0 aliphatic heterocycles. The Kier molecular flexibility index (Phi) is 3.27. The number of pyridine rings is 1. The van der Waals surface area contributed by atoms with E-state index in [1.165, 1.54) is 0 Å².